The normalized spacial score (nSPS) is 23.1. The molecule has 0 amide bonds. The van der Waals surface area contributed by atoms with Gasteiger partial charge in [-0.25, -0.2) is 0 Å². The average molecular weight is 269 g/mol. The van der Waals surface area contributed by atoms with Crippen molar-refractivity contribution in [3.8, 4) is 0 Å². The summed E-state index contributed by atoms with van der Waals surface area (Å²) in [6.07, 6.45) is 2.22. The summed E-state index contributed by atoms with van der Waals surface area (Å²) < 4.78 is 5.70. The largest absolute Gasteiger partial charge is 0.381 e. The molecule has 0 aromatic heterocycles. The van der Waals surface area contributed by atoms with Crippen LogP contribution in [-0.4, -0.2) is 25.8 Å². The van der Waals surface area contributed by atoms with Crippen LogP contribution >= 0.6 is 0 Å². The van der Waals surface area contributed by atoms with Crippen molar-refractivity contribution in [1.29, 1.82) is 0 Å². The fraction of sp³-hybridized carbons (Fsp3) is 0.444. The van der Waals surface area contributed by atoms with Gasteiger partial charge in [-0.15, -0.1) is 0 Å². The van der Waals surface area contributed by atoms with E-state index in [1.807, 2.05) is 0 Å². The highest BCUT2D eigenvalue weighted by molar-refractivity contribution is 5.85. The zero-order valence-corrected chi connectivity index (χ0v) is 12.1. The molecule has 20 heavy (non-hydrogen) atoms. The van der Waals surface area contributed by atoms with E-state index in [1.54, 1.807) is 0 Å². The first-order valence-corrected chi connectivity index (χ1v) is 7.66. The smallest absolute Gasteiger partial charge is 0.0512 e. The molecule has 1 aliphatic heterocycles. The maximum atomic E-state index is 5.70. The molecule has 2 aromatic rings. The molecule has 3 rings (SSSR count). The van der Waals surface area contributed by atoms with E-state index in [2.05, 4.69) is 54.7 Å². The minimum Gasteiger partial charge on any atom is -0.381 e. The van der Waals surface area contributed by atoms with Crippen molar-refractivity contribution in [2.24, 2.45) is 5.92 Å². The molecule has 0 aliphatic carbocycles. The molecule has 1 N–H and O–H groups in total. The van der Waals surface area contributed by atoms with Gasteiger partial charge in [-0.2, -0.15) is 0 Å². The van der Waals surface area contributed by atoms with E-state index in [0.717, 1.165) is 32.6 Å². The maximum Gasteiger partial charge on any atom is 0.0512 e. The Morgan fingerprint density at radius 2 is 2.00 bits per heavy atom. The van der Waals surface area contributed by atoms with Crippen LogP contribution in [0.1, 0.15) is 18.9 Å². The van der Waals surface area contributed by atoms with Crippen LogP contribution < -0.4 is 5.32 Å². The monoisotopic (exact) mass is 269 g/mol. The van der Waals surface area contributed by atoms with Gasteiger partial charge in [-0.1, -0.05) is 49.4 Å². The first-order chi connectivity index (χ1) is 9.88. The average Bonchev–Trinajstić information content (AvgIpc) is 2.50. The van der Waals surface area contributed by atoms with E-state index < -0.39 is 0 Å². The molecule has 106 valence electrons. The molecule has 2 unspecified atom stereocenters. The summed E-state index contributed by atoms with van der Waals surface area (Å²) >= 11 is 0. The molecular formula is C18H23NO. The lowest BCUT2D eigenvalue weighted by atomic mass is 9.87. The Balaban J connectivity index is 1.84. The zero-order valence-electron chi connectivity index (χ0n) is 12.1. The fourth-order valence-corrected chi connectivity index (χ4v) is 3.28. The van der Waals surface area contributed by atoms with Crippen LogP contribution in [0.4, 0.5) is 0 Å². The number of benzene rings is 2. The van der Waals surface area contributed by atoms with Crippen molar-refractivity contribution in [2.75, 3.05) is 19.8 Å². The molecule has 1 fully saturated rings. The first kappa shape index (κ1) is 13.6. The molecule has 0 radical (unpaired) electrons. The topological polar surface area (TPSA) is 21.3 Å². The molecule has 0 bridgehead atoms. The van der Waals surface area contributed by atoms with E-state index in [1.165, 1.54) is 16.3 Å². The van der Waals surface area contributed by atoms with Gasteiger partial charge in [0.2, 0.25) is 0 Å². The summed E-state index contributed by atoms with van der Waals surface area (Å²) in [6, 6.07) is 15.9. The van der Waals surface area contributed by atoms with Gasteiger partial charge in [-0.3, -0.25) is 0 Å². The summed E-state index contributed by atoms with van der Waals surface area (Å²) in [4.78, 5) is 0. The highest BCUT2D eigenvalue weighted by Crippen LogP contribution is 2.25. The van der Waals surface area contributed by atoms with E-state index in [0.29, 0.717) is 12.0 Å². The second kappa shape index (κ2) is 6.38. The van der Waals surface area contributed by atoms with Crippen LogP contribution in [0.3, 0.4) is 0 Å². The summed E-state index contributed by atoms with van der Waals surface area (Å²) in [6.45, 7) is 4.99. The van der Waals surface area contributed by atoms with Gasteiger partial charge in [0, 0.05) is 18.6 Å². The molecule has 0 saturated carbocycles. The summed E-state index contributed by atoms with van der Waals surface area (Å²) in [5.41, 5.74) is 1.45. The second-order valence-corrected chi connectivity index (χ2v) is 5.63. The number of nitrogens with one attached hydrogen (secondary N) is 1. The summed E-state index contributed by atoms with van der Waals surface area (Å²) in [5.74, 6) is 0.578. The first-order valence-electron chi connectivity index (χ1n) is 7.66. The van der Waals surface area contributed by atoms with Gasteiger partial charge in [0.25, 0.3) is 0 Å². The quantitative estimate of drug-likeness (QED) is 0.918. The van der Waals surface area contributed by atoms with E-state index >= 15 is 0 Å². The molecule has 2 atom stereocenters. The van der Waals surface area contributed by atoms with E-state index in [-0.39, 0.29) is 0 Å². The number of hydrogen-bond acceptors (Lipinski definition) is 2. The number of fused-ring (bicyclic) bond motifs is 1. The van der Waals surface area contributed by atoms with Gasteiger partial charge in [0.15, 0.2) is 0 Å². The summed E-state index contributed by atoms with van der Waals surface area (Å²) in [7, 11) is 0. The van der Waals surface area contributed by atoms with Gasteiger partial charge in [-0.05, 0) is 35.7 Å². The molecule has 0 spiro atoms. The lowest BCUT2D eigenvalue weighted by molar-refractivity contribution is 0.0328. The third kappa shape index (κ3) is 2.87. The minimum atomic E-state index is 0.578. The van der Waals surface area contributed by atoms with E-state index in [9.17, 15) is 0 Å². The SMILES string of the molecule is CCNC1CCOCC1Cc1cccc2ccccc12. The Kier molecular flexibility index (Phi) is 4.34. The number of hydrogen-bond donors (Lipinski definition) is 1. The second-order valence-electron chi connectivity index (χ2n) is 5.63. The van der Waals surface area contributed by atoms with Crippen molar-refractivity contribution < 1.29 is 4.74 Å². The van der Waals surface area contributed by atoms with Crippen LogP contribution in [-0.2, 0) is 11.2 Å². The molecule has 1 heterocycles. The van der Waals surface area contributed by atoms with Gasteiger partial charge < -0.3 is 10.1 Å². The van der Waals surface area contributed by atoms with Crippen LogP contribution in [0, 0.1) is 5.92 Å². The van der Waals surface area contributed by atoms with Crippen molar-refractivity contribution in [2.45, 2.75) is 25.8 Å². The molecule has 2 aromatic carbocycles. The Morgan fingerprint density at radius 3 is 2.90 bits per heavy atom. The maximum absolute atomic E-state index is 5.70. The van der Waals surface area contributed by atoms with Crippen LogP contribution in [0.25, 0.3) is 10.8 Å². The van der Waals surface area contributed by atoms with Crippen molar-refractivity contribution in [1.82, 2.24) is 5.32 Å². The Hall–Kier alpha value is -1.38. The zero-order chi connectivity index (χ0) is 13.8. The Labute approximate surface area is 121 Å². The van der Waals surface area contributed by atoms with Crippen LogP contribution in [0.15, 0.2) is 42.5 Å². The number of ether oxygens (including phenoxy) is 1. The minimum absolute atomic E-state index is 0.578. The third-order valence-corrected chi connectivity index (χ3v) is 4.30. The molecule has 2 nitrogen and oxygen atoms in total. The van der Waals surface area contributed by atoms with Crippen LogP contribution in [0.2, 0.25) is 0 Å². The fourth-order valence-electron chi connectivity index (χ4n) is 3.28. The predicted molar refractivity (Wildman–Crippen MR) is 84.0 cm³/mol. The standard InChI is InChI=1S/C18H23NO/c1-2-19-18-10-11-20-13-16(18)12-15-8-5-7-14-6-3-4-9-17(14)15/h3-9,16,18-19H,2,10-13H2,1H3. The highest BCUT2D eigenvalue weighted by Gasteiger charge is 2.25. The summed E-state index contributed by atoms with van der Waals surface area (Å²) in [5, 5.41) is 6.34. The van der Waals surface area contributed by atoms with Crippen molar-refractivity contribution in [3.05, 3.63) is 48.0 Å². The van der Waals surface area contributed by atoms with Crippen LogP contribution in [0.5, 0.6) is 0 Å². The third-order valence-electron chi connectivity index (χ3n) is 4.30. The molecule has 2 heteroatoms. The Morgan fingerprint density at radius 1 is 1.15 bits per heavy atom. The number of rotatable bonds is 4. The van der Waals surface area contributed by atoms with Gasteiger partial charge in [0.05, 0.1) is 6.61 Å². The molecule has 1 saturated heterocycles. The lowest BCUT2D eigenvalue weighted by Gasteiger charge is -2.32. The van der Waals surface area contributed by atoms with Gasteiger partial charge in [0.1, 0.15) is 0 Å². The molecular weight excluding hydrogens is 246 g/mol. The lowest BCUT2D eigenvalue weighted by Crippen LogP contribution is -2.43. The molecule has 1 aliphatic rings. The van der Waals surface area contributed by atoms with E-state index in [4.69, 9.17) is 4.74 Å². The Bertz CT molecular complexity index is 559. The van der Waals surface area contributed by atoms with Gasteiger partial charge >= 0.3 is 0 Å². The highest BCUT2D eigenvalue weighted by atomic mass is 16.5. The predicted octanol–water partition coefficient (Wildman–Crippen LogP) is 3.40. The van der Waals surface area contributed by atoms with Crippen molar-refractivity contribution in [3.63, 3.8) is 0 Å². The van der Waals surface area contributed by atoms with Crippen molar-refractivity contribution >= 4 is 10.8 Å².